The number of carbonyl (C=O) groups excluding carboxylic acids is 1. The number of benzene rings is 1. The smallest absolute Gasteiger partial charge is 0.226 e. The Morgan fingerprint density at radius 1 is 1.00 bits per heavy atom. The van der Waals surface area contributed by atoms with Crippen LogP contribution >= 0.6 is 0 Å². The summed E-state index contributed by atoms with van der Waals surface area (Å²) < 4.78 is 5.39. The second kappa shape index (κ2) is 9.40. The first-order valence-corrected chi connectivity index (χ1v) is 12.1. The van der Waals surface area contributed by atoms with Gasteiger partial charge < -0.3 is 15.0 Å². The molecule has 0 unspecified atom stereocenters. The number of pyridine rings is 3. The molecule has 10 nitrogen and oxygen atoms in total. The SMILES string of the molecule is COc1cccc(-c2ccnc3[nH]c(-c4n[nH]c5ccc(-c6cncc(NC(=O)C(C)C)c6)nc45)nc23)c1. The molecule has 10 heteroatoms. The van der Waals surface area contributed by atoms with Crippen LogP contribution in [0.2, 0.25) is 0 Å². The maximum atomic E-state index is 12.1. The lowest BCUT2D eigenvalue weighted by Crippen LogP contribution is -2.17. The minimum atomic E-state index is -0.135. The van der Waals surface area contributed by atoms with Crippen LogP contribution in [0.3, 0.4) is 0 Å². The Bertz CT molecular complexity index is 1800. The number of ether oxygens (including phenoxy) is 1. The van der Waals surface area contributed by atoms with E-state index in [0.29, 0.717) is 34.1 Å². The summed E-state index contributed by atoms with van der Waals surface area (Å²) in [6.07, 6.45) is 5.08. The van der Waals surface area contributed by atoms with Crippen LogP contribution in [0.4, 0.5) is 5.69 Å². The third kappa shape index (κ3) is 4.21. The third-order valence-corrected chi connectivity index (χ3v) is 6.22. The van der Waals surface area contributed by atoms with Crippen LogP contribution in [0.5, 0.6) is 5.75 Å². The highest BCUT2D eigenvalue weighted by Crippen LogP contribution is 2.32. The highest BCUT2D eigenvalue weighted by molar-refractivity contribution is 5.95. The van der Waals surface area contributed by atoms with Crippen molar-refractivity contribution in [2.45, 2.75) is 13.8 Å². The molecule has 0 spiro atoms. The van der Waals surface area contributed by atoms with E-state index >= 15 is 0 Å². The van der Waals surface area contributed by atoms with E-state index in [2.05, 4.69) is 30.5 Å². The lowest BCUT2D eigenvalue weighted by Gasteiger charge is -2.08. The molecule has 0 radical (unpaired) electrons. The van der Waals surface area contributed by atoms with Crippen LogP contribution < -0.4 is 10.1 Å². The molecular formula is C28H24N8O2. The van der Waals surface area contributed by atoms with E-state index in [1.54, 1.807) is 25.7 Å². The largest absolute Gasteiger partial charge is 0.497 e. The van der Waals surface area contributed by atoms with Gasteiger partial charge in [-0.3, -0.25) is 14.9 Å². The Hall–Kier alpha value is -5.12. The predicted octanol–water partition coefficient (Wildman–Crippen LogP) is 5.23. The van der Waals surface area contributed by atoms with Crippen molar-refractivity contribution in [1.82, 2.24) is 35.1 Å². The molecular weight excluding hydrogens is 480 g/mol. The molecule has 1 amide bonds. The molecule has 5 aromatic heterocycles. The zero-order valence-electron chi connectivity index (χ0n) is 21.0. The molecule has 0 aliphatic carbocycles. The normalized spacial score (nSPS) is 11.4. The zero-order chi connectivity index (χ0) is 26.2. The average Bonchev–Trinajstić information content (AvgIpc) is 3.56. The van der Waals surface area contributed by atoms with Gasteiger partial charge in [0.15, 0.2) is 17.2 Å². The first kappa shape index (κ1) is 23.3. The van der Waals surface area contributed by atoms with Gasteiger partial charge >= 0.3 is 0 Å². The number of carbonyl (C=O) groups is 1. The van der Waals surface area contributed by atoms with Crippen molar-refractivity contribution in [3.05, 3.63) is 67.1 Å². The molecule has 1 aromatic carbocycles. The number of amides is 1. The fourth-order valence-electron chi connectivity index (χ4n) is 4.21. The van der Waals surface area contributed by atoms with Gasteiger partial charge in [0.05, 0.1) is 30.2 Å². The number of fused-ring (bicyclic) bond motifs is 2. The summed E-state index contributed by atoms with van der Waals surface area (Å²) in [4.78, 5) is 33.9. The first-order chi connectivity index (χ1) is 18.5. The van der Waals surface area contributed by atoms with Crippen molar-refractivity contribution in [3.8, 4) is 39.7 Å². The average molecular weight is 505 g/mol. The molecule has 0 atom stereocenters. The minimum absolute atomic E-state index is 0.0729. The number of aromatic nitrogens is 7. The lowest BCUT2D eigenvalue weighted by atomic mass is 10.1. The van der Waals surface area contributed by atoms with Crippen LogP contribution in [0.25, 0.3) is 56.1 Å². The molecule has 3 N–H and O–H groups in total. The van der Waals surface area contributed by atoms with Gasteiger partial charge in [0.2, 0.25) is 5.91 Å². The fourth-order valence-corrected chi connectivity index (χ4v) is 4.21. The van der Waals surface area contributed by atoms with E-state index in [-0.39, 0.29) is 11.8 Å². The summed E-state index contributed by atoms with van der Waals surface area (Å²) in [6, 6.07) is 15.4. The molecule has 38 heavy (non-hydrogen) atoms. The number of hydrogen-bond acceptors (Lipinski definition) is 7. The number of nitrogens with zero attached hydrogens (tertiary/aromatic N) is 5. The number of rotatable bonds is 6. The lowest BCUT2D eigenvalue weighted by molar-refractivity contribution is -0.118. The van der Waals surface area contributed by atoms with Crippen molar-refractivity contribution in [2.75, 3.05) is 12.4 Å². The van der Waals surface area contributed by atoms with E-state index in [1.165, 1.54) is 0 Å². The molecule has 188 valence electrons. The van der Waals surface area contributed by atoms with Crippen molar-refractivity contribution in [2.24, 2.45) is 5.92 Å². The summed E-state index contributed by atoms with van der Waals surface area (Å²) in [7, 11) is 1.64. The maximum absolute atomic E-state index is 12.1. The number of hydrogen-bond donors (Lipinski definition) is 3. The monoisotopic (exact) mass is 504 g/mol. The van der Waals surface area contributed by atoms with Gasteiger partial charge in [-0.25, -0.2) is 15.0 Å². The predicted molar refractivity (Wildman–Crippen MR) is 145 cm³/mol. The molecule has 6 aromatic rings. The zero-order valence-corrected chi connectivity index (χ0v) is 21.0. The second-order valence-corrected chi connectivity index (χ2v) is 9.14. The molecule has 5 heterocycles. The van der Waals surface area contributed by atoms with E-state index in [4.69, 9.17) is 14.7 Å². The van der Waals surface area contributed by atoms with Gasteiger partial charge in [-0.05, 0) is 42.0 Å². The van der Waals surface area contributed by atoms with Crippen molar-refractivity contribution >= 4 is 33.8 Å². The van der Waals surface area contributed by atoms with E-state index in [1.807, 2.05) is 62.4 Å². The third-order valence-electron chi connectivity index (χ3n) is 6.22. The van der Waals surface area contributed by atoms with Crippen LogP contribution in [0, 0.1) is 5.92 Å². The van der Waals surface area contributed by atoms with E-state index in [0.717, 1.165) is 33.5 Å². The molecule has 0 saturated heterocycles. The van der Waals surface area contributed by atoms with E-state index < -0.39 is 0 Å². The van der Waals surface area contributed by atoms with Crippen LogP contribution in [-0.2, 0) is 4.79 Å². The molecule has 0 fully saturated rings. The highest BCUT2D eigenvalue weighted by Gasteiger charge is 2.18. The summed E-state index contributed by atoms with van der Waals surface area (Å²) in [5.74, 6) is 1.11. The van der Waals surface area contributed by atoms with Crippen LogP contribution in [-0.4, -0.2) is 48.1 Å². The quantitative estimate of drug-likeness (QED) is 0.283. The van der Waals surface area contributed by atoms with Gasteiger partial charge in [0.1, 0.15) is 16.8 Å². The van der Waals surface area contributed by atoms with Gasteiger partial charge in [-0.2, -0.15) is 5.10 Å². The summed E-state index contributed by atoms with van der Waals surface area (Å²) in [5.41, 5.74) is 7.34. The Morgan fingerprint density at radius 3 is 2.74 bits per heavy atom. The number of aromatic amines is 2. The molecule has 0 aliphatic rings. The van der Waals surface area contributed by atoms with Gasteiger partial charge in [0, 0.05) is 29.4 Å². The van der Waals surface area contributed by atoms with Crippen molar-refractivity contribution in [1.29, 1.82) is 0 Å². The number of imidazole rings is 1. The number of anilines is 1. The van der Waals surface area contributed by atoms with Crippen molar-refractivity contribution in [3.63, 3.8) is 0 Å². The van der Waals surface area contributed by atoms with Crippen LogP contribution in [0.15, 0.2) is 67.1 Å². The van der Waals surface area contributed by atoms with E-state index in [9.17, 15) is 4.79 Å². The fraction of sp³-hybridized carbons (Fsp3) is 0.143. The van der Waals surface area contributed by atoms with Crippen LogP contribution in [0.1, 0.15) is 13.8 Å². The summed E-state index contributed by atoms with van der Waals surface area (Å²) in [5, 5.41) is 10.4. The Labute approximate surface area is 217 Å². The summed E-state index contributed by atoms with van der Waals surface area (Å²) in [6.45, 7) is 3.69. The highest BCUT2D eigenvalue weighted by atomic mass is 16.5. The molecule has 0 aliphatic heterocycles. The first-order valence-electron chi connectivity index (χ1n) is 12.1. The topological polar surface area (TPSA) is 134 Å². The number of H-pyrrole nitrogens is 2. The van der Waals surface area contributed by atoms with Crippen molar-refractivity contribution < 1.29 is 9.53 Å². The second-order valence-electron chi connectivity index (χ2n) is 9.14. The Kier molecular flexibility index (Phi) is 5.76. The van der Waals surface area contributed by atoms with Gasteiger partial charge in [0.25, 0.3) is 0 Å². The molecule has 6 rings (SSSR count). The molecule has 0 saturated carbocycles. The molecule has 0 bridgehead atoms. The minimum Gasteiger partial charge on any atom is -0.497 e. The number of methoxy groups -OCH3 is 1. The standard InChI is InChI=1S/C28H24N8O2/c1-15(2)28(37)31-18-11-17(13-29-14-18)21-7-8-22-24(32-21)25(36-35-22)27-33-23-20(9-10-30-26(23)34-27)16-5-4-6-19(12-16)38-3/h4-15H,1-3H3,(H,31,37)(H,35,36)(H,30,33,34). The van der Waals surface area contributed by atoms with Gasteiger partial charge in [-0.15, -0.1) is 0 Å². The summed E-state index contributed by atoms with van der Waals surface area (Å²) >= 11 is 0. The van der Waals surface area contributed by atoms with Gasteiger partial charge in [-0.1, -0.05) is 26.0 Å². The Morgan fingerprint density at radius 2 is 1.89 bits per heavy atom. The Balaban J connectivity index is 1.41. The number of nitrogens with one attached hydrogen (secondary N) is 3. The maximum Gasteiger partial charge on any atom is 0.226 e.